The number of alkyl halides is 2. The normalized spacial score (nSPS) is 19.2. The topological polar surface area (TPSA) is 0 Å². The minimum absolute atomic E-state index is 0.0807. The van der Waals surface area contributed by atoms with Crippen LogP contribution in [0.3, 0.4) is 0 Å². The predicted octanol–water partition coefficient (Wildman–Crippen LogP) is 3.38. The Morgan fingerprint density at radius 2 is 2.08 bits per heavy atom. The average molecular weight is 189 g/mol. The Kier molecular flexibility index (Phi) is 1.62. The number of hydrogen-bond donors (Lipinski definition) is 0. The molecule has 0 nitrogen and oxygen atoms in total. The zero-order chi connectivity index (χ0) is 8.77. The molecule has 0 atom stereocenters. The molecule has 0 saturated carbocycles. The monoisotopic (exact) mass is 188 g/mol. The van der Waals surface area contributed by atoms with E-state index in [-0.39, 0.29) is 12.0 Å². The van der Waals surface area contributed by atoms with Crippen LogP contribution < -0.4 is 0 Å². The van der Waals surface area contributed by atoms with E-state index in [0.717, 1.165) is 0 Å². The fraction of sp³-hybridized carbons (Fsp3) is 0.333. The SMILES string of the molecule is FC1(F)CCc2cc(Cl)ccc21. The van der Waals surface area contributed by atoms with Gasteiger partial charge in [-0.1, -0.05) is 17.7 Å². The maximum absolute atomic E-state index is 13.0. The Labute approximate surface area is 74.2 Å². The molecule has 0 N–H and O–H groups in total. The third-order valence-electron chi connectivity index (χ3n) is 2.17. The van der Waals surface area contributed by atoms with Crippen LogP contribution >= 0.6 is 11.6 Å². The van der Waals surface area contributed by atoms with Gasteiger partial charge in [-0.05, 0) is 24.1 Å². The van der Waals surface area contributed by atoms with Crippen molar-refractivity contribution in [2.75, 3.05) is 0 Å². The van der Waals surface area contributed by atoms with Gasteiger partial charge in [0.2, 0.25) is 0 Å². The second kappa shape index (κ2) is 2.43. The van der Waals surface area contributed by atoms with Crippen molar-refractivity contribution in [1.82, 2.24) is 0 Å². The molecule has 1 aromatic carbocycles. The highest BCUT2D eigenvalue weighted by Gasteiger charge is 2.38. The molecule has 0 bridgehead atoms. The summed E-state index contributed by atoms with van der Waals surface area (Å²) in [6.45, 7) is 0. The van der Waals surface area contributed by atoms with Gasteiger partial charge >= 0.3 is 0 Å². The molecule has 0 unspecified atom stereocenters. The van der Waals surface area contributed by atoms with Crippen LogP contribution in [0, 0.1) is 0 Å². The van der Waals surface area contributed by atoms with E-state index < -0.39 is 5.92 Å². The molecule has 64 valence electrons. The van der Waals surface area contributed by atoms with E-state index >= 15 is 0 Å². The third-order valence-corrected chi connectivity index (χ3v) is 2.40. The molecular weight excluding hydrogens is 182 g/mol. The molecule has 3 heteroatoms. The van der Waals surface area contributed by atoms with Crippen LogP contribution in [0.25, 0.3) is 0 Å². The first-order chi connectivity index (χ1) is 5.59. The summed E-state index contributed by atoms with van der Waals surface area (Å²) < 4.78 is 26.1. The van der Waals surface area contributed by atoms with E-state index in [2.05, 4.69) is 0 Å². The van der Waals surface area contributed by atoms with Crippen molar-refractivity contribution in [3.05, 3.63) is 34.3 Å². The van der Waals surface area contributed by atoms with E-state index in [1.807, 2.05) is 0 Å². The summed E-state index contributed by atoms with van der Waals surface area (Å²) in [5, 5.41) is 0.534. The van der Waals surface area contributed by atoms with Crippen LogP contribution in [0.2, 0.25) is 5.02 Å². The first-order valence-electron chi connectivity index (χ1n) is 3.76. The number of rotatable bonds is 0. The molecule has 0 aromatic heterocycles. The second-order valence-corrected chi connectivity index (χ2v) is 3.44. The summed E-state index contributed by atoms with van der Waals surface area (Å²) in [6, 6.07) is 4.56. The van der Waals surface area contributed by atoms with Crippen molar-refractivity contribution in [1.29, 1.82) is 0 Å². The summed E-state index contributed by atoms with van der Waals surface area (Å²) in [7, 11) is 0. The van der Waals surface area contributed by atoms with E-state index in [0.29, 0.717) is 17.0 Å². The Bertz CT molecular complexity index is 320. The number of hydrogen-bond acceptors (Lipinski definition) is 0. The smallest absolute Gasteiger partial charge is 0.201 e. The lowest BCUT2D eigenvalue weighted by Crippen LogP contribution is -2.06. The highest BCUT2D eigenvalue weighted by atomic mass is 35.5. The molecule has 0 fully saturated rings. The van der Waals surface area contributed by atoms with Crippen molar-refractivity contribution in [2.24, 2.45) is 0 Å². The van der Waals surface area contributed by atoms with E-state index in [9.17, 15) is 8.78 Å². The summed E-state index contributed by atoms with van der Waals surface area (Å²) in [5.74, 6) is -2.64. The average Bonchev–Trinajstić information content (AvgIpc) is 2.27. The van der Waals surface area contributed by atoms with Crippen LogP contribution in [0.5, 0.6) is 0 Å². The molecule has 1 aliphatic carbocycles. The number of benzene rings is 1. The standard InChI is InChI=1S/C9H7ClF2/c10-7-1-2-8-6(5-7)3-4-9(8,11)12/h1-2,5H,3-4H2. The fourth-order valence-corrected chi connectivity index (χ4v) is 1.75. The van der Waals surface area contributed by atoms with Gasteiger partial charge in [-0.15, -0.1) is 0 Å². The van der Waals surface area contributed by atoms with Crippen molar-refractivity contribution in [3.63, 3.8) is 0 Å². The highest BCUT2D eigenvalue weighted by Crippen LogP contribution is 2.42. The summed E-state index contributed by atoms with van der Waals surface area (Å²) >= 11 is 5.67. The van der Waals surface area contributed by atoms with Crippen LogP contribution in [0.15, 0.2) is 18.2 Å². The molecule has 0 aliphatic heterocycles. The quantitative estimate of drug-likeness (QED) is 0.586. The minimum Gasteiger partial charge on any atom is -0.201 e. The van der Waals surface area contributed by atoms with Gasteiger partial charge in [-0.25, -0.2) is 8.78 Å². The Morgan fingerprint density at radius 1 is 1.33 bits per heavy atom. The zero-order valence-corrected chi connectivity index (χ0v) is 7.04. The lowest BCUT2D eigenvalue weighted by molar-refractivity contribution is -0.00183. The maximum Gasteiger partial charge on any atom is 0.273 e. The van der Waals surface area contributed by atoms with Crippen molar-refractivity contribution < 1.29 is 8.78 Å². The molecule has 0 amide bonds. The number of fused-ring (bicyclic) bond motifs is 1. The van der Waals surface area contributed by atoms with Crippen LogP contribution in [0.4, 0.5) is 8.78 Å². The zero-order valence-electron chi connectivity index (χ0n) is 6.28. The second-order valence-electron chi connectivity index (χ2n) is 3.01. The Hall–Kier alpha value is -0.630. The third kappa shape index (κ3) is 1.11. The largest absolute Gasteiger partial charge is 0.273 e. The number of halogens is 3. The first-order valence-corrected chi connectivity index (χ1v) is 4.14. The van der Waals surface area contributed by atoms with Crippen molar-refractivity contribution in [2.45, 2.75) is 18.8 Å². The molecular formula is C9H7ClF2. The predicted molar refractivity (Wildman–Crippen MR) is 43.7 cm³/mol. The van der Waals surface area contributed by atoms with E-state index in [1.165, 1.54) is 12.1 Å². The van der Waals surface area contributed by atoms with Crippen LogP contribution in [0.1, 0.15) is 17.5 Å². The van der Waals surface area contributed by atoms with Crippen molar-refractivity contribution in [3.8, 4) is 0 Å². The van der Waals surface area contributed by atoms with Gasteiger partial charge < -0.3 is 0 Å². The Balaban J connectivity index is 2.55. The van der Waals surface area contributed by atoms with Gasteiger partial charge in [-0.3, -0.25) is 0 Å². The van der Waals surface area contributed by atoms with E-state index in [1.54, 1.807) is 6.07 Å². The minimum atomic E-state index is -2.64. The molecule has 12 heavy (non-hydrogen) atoms. The van der Waals surface area contributed by atoms with Crippen LogP contribution in [-0.4, -0.2) is 0 Å². The molecule has 1 aromatic rings. The van der Waals surface area contributed by atoms with Crippen LogP contribution in [-0.2, 0) is 12.3 Å². The summed E-state index contributed by atoms with van der Waals surface area (Å²) in [6.07, 6.45) is 0.353. The van der Waals surface area contributed by atoms with Gasteiger partial charge in [0.15, 0.2) is 0 Å². The Morgan fingerprint density at radius 3 is 2.83 bits per heavy atom. The van der Waals surface area contributed by atoms with Gasteiger partial charge in [-0.2, -0.15) is 0 Å². The lowest BCUT2D eigenvalue weighted by Gasteiger charge is -2.08. The maximum atomic E-state index is 13.0. The lowest BCUT2D eigenvalue weighted by atomic mass is 10.1. The molecule has 0 saturated heterocycles. The molecule has 0 radical (unpaired) electrons. The molecule has 1 aliphatic rings. The molecule has 0 spiro atoms. The molecule has 2 rings (SSSR count). The van der Waals surface area contributed by atoms with Crippen molar-refractivity contribution >= 4 is 11.6 Å². The highest BCUT2D eigenvalue weighted by molar-refractivity contribution is 6.30. The van der Waals surface area contributed by atoms with Gasteiger partial charge in [0.1, 0.15) is 0 Å². The van der Waals surface area contributed by atoms with Gasteiger partial charge in [0.05, 0.1) is 0 Å². The summed E-state index contributed by atoms with van der Waals surface area (Å²) in [5.41, 5.74) is 0.833. The molecule has 0 heterocycles. The van der Waals surface area contributed by atoms with E-state index in [4.69, 9.17) is 11.6 Å². The summed E-state index contributed by atoms with van der Waals surface area (Å²) in [4.78, 5) is 0. The number of aryl methyl sites for hydroxylation is 1. The van der Waals surface area contributed by atoms with Gasteiger partial charge in [0, 0.05) is 17.0 Å². The van der Waals surface area contributed by atoms with Gasteiger partial charge in [0.25, 0.3) is 5.92 Å². The first kappa shape index (κ1) is 7.99. The fourth-order valence-electron chi connectivity index (χ4n) is 1.55.